The molecule has 1 atom stereocenters. The maximum Gasteiger partial charge on any atom is 0.254 e. The Hall–Kier alpha value is -1.50. The molecule has 1 unspecified atom stereocenters. The number of benzene rings is 1. The lowest BCUT2D eigenvalue weighted by molar-refractivity contribution is 0.0608. The van der Waals surface area contributed by atoms with Crippen molar-refractivity contribution in [3.8, 4) is 11.8 Å². The van der Waals surface area contributed by atoms with E-state index in [1.54, 1.807) is 18.2 Å². The number of nitrogens with zero attached hydrogens (tertiary/aromatic N) is 1. The molecule has 1 aromatic carbocycles. The van der Waals surface area contributed by atoms with Gasteiger partial charge in [0.2, 0.25) is 0 Å². The maximum atomic E-state index is 12.6. The Morgan fingerprint density at radius 2 is 2.29 bits per heavy atom. The first-order valence-corrected chi connectivity index (χ1v) is 7.75. The predicted octanol–water partition coefficient (Wildman–Crippen LogP) is 3.09. The van der Waals surface area contributed by atoms with E-state index in [0.29, 0.717) is 22.2 Å². The number of piperidine rings is 1. The van der Waals surface area contributed by atoms with Crippen molar-refractivity contribution in [1.29, 1.82) is 0 Å². The quantitative estimate of drug-likeness (QED) is 0.853. The van der Waals surface area contributed by atoms with Crippen LogP contribution < -0.4 is 0 Å². The fourth-order valence-corrected chi connectivity index (χ4v) is 2.97. The molecule has 2 rings (SSSR count). The van der Waals surface area contributed by atoms with Crippen molar-refractivity contribution < 1.29 is 9.90 Å². The third kappa shape index (κ3) is 3.78. The molecule has 21 heavy (non-hydrogen) atoms. The van der Waals surface area contributed by atoms with Gasteiger partial charge < -0.3 is 10.0 Å². The molecule has 0 aliphatic carbocycles. The number of halogens is 1. The second-order valence-electron chi connectivity index (χ2n) is 5.21. The number of amides is 1. The molecule has 112 valence electrons. The molecule has 0 radical (unpaired) electrons. The molecule has 0 saturated carbocycles. The molecule has 1 amide bonds. The number of aliphatic hydroxyl groups excluding tert-OH is 1. The van der Waals surface area contributed by atoms with E-state index in [0.717, 1.165) is 25.8 Å². The standard InChI is InChI=1S/C17H20ClNO2/c1-2-15-7-3-4-10-19(15)17(21)14-9-8-13(6-5-11-20)16(18)12-14/h8-9,12,15,20H,2-4,7,10-11H2,1H3. The highest BCUT2D eigenvalue weighted by Gasteiger charge is 2.26. The van der Waals surface area contributed by atoms with Crippen LogP contribution >= 0.6 is 11.6 Å². The monoisotopic (exact) mass is 305 g/mol. The number of carbonyl (C=O) groups excluding carboxylic acids is 1. The van der Waals surface area contributed by atoms with Gasteiger partial charge in [-0.1, -0.05) is 30.4 Å². The summed E-state index contributed by atoms with van der Waals surface area (Å²) in [6, 6.07) is 5.51. The molecule has 0 bridgehead atoms. The number of carbonyl (C=O) groups is 1. The van der Waals surface area contributed by atoms with E-state index in [1.807, 2.05) is 4.90 Å². The molecule has 0 aromatic heterocycles. The largest absolute Gasteiger partial charge is 0.384 e. The minimum absolute atomic E-state index is 0.0464. The van der Waals surface area contributed by atoms with Crippen LogP contribution in [0.15, 0.2) is 18.2 Å². The van der Waals surface area contributed by atoms with E-state index in [2.05, 4.69) is 18.8 Å². The van der Waals surface area contributed by atoms with Crippen molar-refractivity contribution in [2.45, 2.75) is 38.6 Å². The smallest absolute Gasteiger partial charge is 0.254 e. The molecule has 4 heteroatoms. The van der Waals surface area contributed by atoms with Crippen molar-refractivity contribution in [2.24, 2.45) is 0 Å². The predicted molar refractivity (Wildman–Crippen MR) is 84.4 cm³/mol. The molecule has 1 aliphatic rings. The molecule has 1 aromatic rings. The minimum Gasteiger partial charge on any atom is -0.384 e. The highest BCUT2D eigenvalue weighted by atomic mass is 35.5. The van der Waals surface area contributed by atoms with Gasteiger partial charge in [0.1, 0.15) is 6.61 Å². The van der Waals surface area contributed by atoms with Crippen LogP contribution in [-0.2, 0) is 0 Å². The van der Waals surface area contributed by atoms with E-state index < -0.39 is 0 Å². The Labute approximate surface area is 130 Å². The zero-order valence-corrected chi connectivity index (χ0v) is 13.0. The minimum atomic E-state index is -0.205. The highest BCUT2D eigenvalue weighted by molar-refractivity contribution is 6.32. The van der Waals surface area contributed by atoms with Crippen molar-refractivity contribution in [3.05, 3.63) is 34.3 Å². The van der Waals surface area contributed by atoms with Gasteiger partial charge in [0, 0.05) is 23.7 Å². The van der Waals surface area contributed by atoms with E-state index in [1.165, 1.54) is 6.42 Å². The van der Waals surface area contributed by atoms with Crippen LogP contribution in [0.25, 0.3) is 0 Å². The van der Waals surface area contributed by atoms with Gasteiger partial charge in [-0.05, 0) is 43.9 Å². The molecular formula is C17H20ClNO2. The third-order valence-corrected chi connectivity index (χ3v) is 4.19. The normalized spacial score (nSPS) is 18.0. The third-order valence-electron chi connectivity index (χ3n) is 3.88. The number of aliphatic hydroxyl groups is 1. The summed E-state index contributed by atoms with van der Waals surface area (Å²) in [7, 11) is 0. The topological polar surface area (TPSA) is 40.5 Å². The Kier molecular flexibility index (Phi) is 5.67. The van der Waals surface area contributed by atoms with E-state index in [4.69, 9.17) is 16.7 Å². The highest BCUT2D eigenvalue weighted by Crippen LogP contribution is 2.24. The lowest BCUT2D eigenvalue weighted by Crippen LogP contribution is -2.43. The Balaban J connectivity index is 2.21. The molecule has 1 saturated heterocycles. The van der Waals surface area contributed by atoms with E-state index in [9.17, 15) is 4.79 Å². The van der Waals surface area contributed by atoms with Gasteiger partial charge in [0.05, 0.1) is 5.02 Å². The van der Waals surface area contributed by atoms with Crippen molar-refractivity contribution in [3.63, 3.8) is 0 Å². The van der Waals surface area contributed by atoms with Gasteiger partial charge in [-0.25, -0.2) is 0 Å². The molecular weight excluding hydrogens is 286 g/mol. The van der Waals surface area contributed by atoms with Gasteiger partial charge in [-0.2, -0.15) is 0 Å². The summed E-state index contributed by atoms with van der Waals surface area (Å²) in [5.74, 6) is 5.38. The number of hydrogen-bond donors (Lipinski definition) is 1. The van der Waals surface area contributed by atoms with Gasteiger partial charge in [-0.15, -0.1) is 0 Å². The lowest BCUT2D eigenvalue weighted by Gasteiger charge is -2.35. The summed E-state index contributed by atoms with van der Waals surface area (Å²) >= 11 is 6.16. The van der Waals surface area contributed by atoms with Gasteiger partial charge in [0.25, 0.3) is 5.91 Å². The fourth-order valence-electron chi connectivity index (χ4n) is 2.74. The van der Waals surface area contributed by atoms with Crippen LogP contribution in [0.2, 0.25) is 5.02 Å². The first-order valence-electron chi connectivity index (χ1n) is 7.37. The average molecular weight is 306 g/mol. The molecule has 3 nitrogen and oxygen atoms in total. The summed E-state index contributed by atoms with van der Waals surface area (Å²) in [5.41, 5.74) is 1.24. The lowest BCUT2D eigenvalue weighted by atomic mass is 9.98. The van der Waals surface area contributed by atoms with Crippen LogP contribution in [0.1, 0.15) is 48.5 Å². The summed E-state index contributed by atoms with van der Waals surface area (Å²) in [4.78, 5) is 14.6. The maximum absolute atomic E-state index is 12.6. The molecule has 1 N–H and O–H groups in total. The Morgan fingerprint density at radius 1 is 1.48 bits per heavy atom. The first kappa shape index (κ1) is 15.9. The Morgan fingerprint density at radius 3 is 2.95 bits per heavy atom. The van der Waals surface area contributed by atoms with Crippen molar-refractivity contribution in [2.75, 3.05) is 13.2 Å². The van der Waals surface area contributed by atoms with Gasteiger partial charge in [0.15, 0.2) is 0 Å². The molecule has 1 heterocycles. The molecule has 1 fully saturated rings. The fraction of sp³-hybridized carbons (Fsp3) is 0.471. The Bertz CT molecular complexity index is 574. The van der Waals surface area contributed by atoms with Crippen LogP contribution in [0, 0.1) is 11.8 Å². The van der Waals surface area contributed by atoms with Gasteiger partial charge >= 0.3 is 0 Å². The van der Waals surface area contributed by atoms with Crippen LogP contribution in [-0.4, -0.2) is 35.1 Å². The van der Waals surface area contributed by atoms with Crippen LogP contribution in [0.3, 0.4) is 0 Å². The molecule has 0 spiro atoms. The summed E-state index contributed by atoms with van der Waals surface area (Å²) in [6.45, 7) is 2.74. The summed E-state index contributed by atoms with van der Waals surface area (Å²) in [5, 5.41) is 9.16. The number of likely N-dealkylation sites (tertiary alicyclic amines) is 1. The molecule has 1 aliphatic heterocycles. The van der Waals surface area contributed by atoms with Crippen LogP contribution in [0.4, 0.5) is 0 Å². The number of rotatable bonds is 2. The van der Waals surface area contributed by atoms with E-state index >= 15 is 0 Å². The second-order valence-corrected chi connectivity index (χ2v) is 5.62. The van der Waals surface area contributed by atoms with Crippen molar-refractivity contribution >= 4 is 17.5 Å². The van der Waals surface area contributed by atoms with E-state index in [-0.39, 0.29) is 12.5 Å². The second kappa shape index (κ2) is 7.49. The SMILES string of the molecule is CCC1CCCCN1C(=O)c1ccc(C#CCO)c(Cl)c1. The zero-order valence-electron chi connectivity index (χ0n) is 12.2. The summed E-state index contributed by atoms with van der Waals surface area (Å²) in [6.07, 6.45) is 4.32. The zero-order chi connectivity index (χ0) is 15.2. The average Bonchev–Trinajstić information content (AvgIpc) is 2.53. The van der Waals surface area contributed by atoms with Crippen molar-refractivity contribution in [1.82, 2.24) is 4.90 Å². The van der Waals surface area contributed by atoms with Crippen LogP contribution in [0.5, 0.6) is 0 Å². The summed E-state index contributed by atoms with van der Waals surface area (Å²) < 4.78 is 0. The first-order chi connectivity index (χ1) is 10.2. The van der Waals surface area contributed by atoms with Gasteiger partial charge in [-0.3, -0.25) is 4.79 Å². The number of hydrogen-bond acceptors (Lipinski definition) is 2.